The molecule has 2 aromatic heterocycles. The number of aromatic nitrogens is 3. The minimum absolute atomic E-state index is 0.654. The summed E-state index contributed by atoms with van der Waals surface area (Å²) in [6.45, 7) is 5.47. The summed E-state index contributed by atoms with van der Waals surface area (Å²) in [7, 11) is 2.04. The van der Waals surface area contributed by atoms with Gasteiger partial charge in [0.1, 0.15) is 12.1 Å². The number of nitrogens with one attached hydrogen (secondary N) is 1. The molecular weight excluding hydrogens is 276 g/mol. The molecule has 0 aliphatic heterocycles. The van der Waals surface area contributed by atoms with Crippen molar-refractivity contribution in [2.45, 2.75) is 26.9 Å². The molecular formula is C17H20N4O. The summed E-state index contributed by atoms with van der Waals surface area (Å²) in [5.74, 6) is 1.68. The maximum atomic E-state index is 5.53. The zero-order valence-corrected chi connectivity index (χ0v) is 13.1. The van der Waals surface area contributed by atoms with Crippen LogP contribution in [0.15, 0.2) is 41.0 Å². The fourth-order valence-corrected chi connectivity index (χ4v) is 2.35. The maximum absolute atomic E-state index is 5.53. The Morgan fingerprint density at radius 3 is 2.55 bits per heavy atom. The molecule has 0 saturated heterocycles. The van der Waals surface area contributed by atoms with Gasteiger partial charge in [0.15, 0.2) is 0 Å². The van der Waals surface area contributed by atoms with Gasteiger partial charge in [-0.3, -0.25) is 0 Å². The van der Waals surface area contributed by atoms with Gasteiger partial charge in [0.05, 0.1) is 17.9 Å². The normalized spacial score (nSPS) is 11.0. The number of aryl methyl sites for hydroxylation is 1. The first-order valence-electron chi connectivity index (χ1n) is 7.34. The van der Waals surface area contributed by atoms with E-state index in [4.69, 9.17) is 4.42 Å². The van der Waals surface area contributed by atoms with Crippen LogP contribution in [0.25, 0.3) is 11.5 Å². The smallest absolute Gasteiger partial charge is 0.226 e. The second-order valence-electron chi connectivity index (χ2n) is 5.37. The molecule has 0 aliphatic rings. The van der Waals surface area contributed by atoms with Crippen molar-refractivity contribution in [2.24, 2.45) is 7.05 Å². The third kappa shape index (κ3) is 2.94. The Balaban J connectivity index is 1.61. The molecule has 0 atom stereocenters. The van der Waals surface area contributed by atoms with E-state index in [9.17, 15) is 0 Å². The molecule has 22 heavy (non-hydrogen) atoms. The van der Waals surface area contributed by atoms with E-state index >= 15 is 0 Å². The van der Waals surface area contributed by atoms with Crippen molar-refractivity contribution >= 4 is 0 Å². The van der Waals surface area contributed by atoms with Gasteiger partial charge in [-0.2, -0.15) is 0 Å². The summed E-state index contributed by atoms with van der Waals surface area (Å²) in [4.78, 5) is 9.05. The molecule has 0 unspecified atom stereocenters. The lowest BCUT2D eigenvalue weighted by Crippen LogP contribution is -2.16. The molecule has 114 valence electrons. The Hall–Kier alpha value is -2.40. The van der Waals surface area contributed by atoms with Gasteiger partial charge in [-0.25, -0.2) is 9.97 Å². The lowest BCUT2D eigenvalue weighted by molar-refractivity contribution is 0.568. The highest BCUT2D eigenvalue weighted by Crippen LogP contribution is 2.17. The maximum Gasteiger partial charge on any atom is 0.226 e. The molecule has 3 aromatic rings. The first-order valence-corrected chi connectivity index (χ1v) is 7.34. The molecule has 5 nitrogen and oxygen atoms in total. The van der Waals surface area contributed by atoms with Crippen molar-refractivity contribution in [1.29, 1.82) is 0 Å². The average molecular weight is 296 g/mol. The van der Waals surface area contributed by atoms with Gasteiger partial charge in [0.2, 0.25) is 5.89 Å². The monoisotopic (exact) mass is 296 g/mol. The minimum Gasteiger partial charge on any atom is -0.444 e. The van der Waals surface area contributed by atoms with Crippen molar-refractivity contribution < 1.29 is 4.42 Å². The molecule has 0 amide bonds. The predicted octanol–water partition coefficient (Wildman–Crippen LogP) is 2.98. The molecule has 1 N–H and O–H groups in total. The molecule has 0 saturated carbocycles. The van der Waals surface area contributed by atoms with E-state index in [1.807, 2.05) is 44.3 Å². The second kappa shape index (κ2) is 6.15. The molecule has 3 rings (SSSR count). The predicted molar refractivity (Wildman–Crippen MR) is 85.2 cm³/mol. The van der Waals surface area contributed by atoms with Gasteiger partial charge in [0.25, 0.3) is 0 Å². The third-order valence-corrected chi connectivity index (χ3v) is 3.87. The first kappa shape index (κ1) is 14.5. The molecule has 5 heteroatoms. The molecule has 0 aliphatic carbocycles. The fourth-order valence-electron chi connectivity index (χ4n) is 2.35. The van der Waals surface area contributed by atoms with Crippen LogP contribution >= 0.6 is 0 Å². The summed E-state index contributed by atoms with van der Waals surface area (Å²) in [6, 6.07) is 9.91. The Morgan fingerprint density at radius 2 is 1.86 bits per heavy atom. The Morgan fingerprint density at radius 1 is 1.09 bits per heavy atom. The van der Waals surface area contributed by atoms with Gasteiger partial charge < -0.3 is 14.3 Å². The molecule has 0 bridgehead atoms. The van der Waals surface area contributed by atoms with E-state index in [1.54, 1.807) is 6.26 Å². The van der Waals surface area contributed by atoms with Crippen molar-refractivity contribution in [3.05, 3.63) is 59.5 Å². The highest BCUT2D eigenvalue weighted by Gasteiger charge is 2.09. The highest BCUT2D eigenvalue weighted by molar-refractivity contribution is 5.52. The van der Waals surface area contributed by atoms with Crippen LogP contribution < -0.4 is 5.32 Å². The van der Waals surface area contributed by atoms with Gasteiger partial charge in [0, 0.05) is 24.8 Å². The summed E-state index contributed by atoms with van der Waals surface area (Å²) in [5, 5.41) is 3.36. The van der Waals surface area contributed by atoms with E-state index in [0.717, 1.165) is 22.8 Å². The third-order valence-electron chi connectivity index (χ3n) is 3.87. The van der Waals surface area contributed by atoms with Gasteiger partial charge in [-0.15, -0.1) is 0 Å². The van der Waals surface area contributed by atoms with Crippen LogP contribution in [0.2, 0.25) is 0 Å². The number of benzene rings is 1. The van der Waals surface area contributed by atoms with Crippen LogP contribution in [0.5, 0.6) is 0 Å². The van der Waals surface area contributed by atoms with Crippen molar-refractivity contribution in [1.82, 2.24) is 19.9 Å². The number of hydrogen-bond donors (Lipinski definition) is 1. The van der Waals surface area contributed by atoms with Crippen molar-refractivity contribution in [3.63, 3.8) is 0 Å². The number of imidazole rings is 1. The Labute approximate surface area is 130 Å². The van der Waals surface area contributed by atoms with E-state index < -0.39 is 0 Å². The molecule has 0 spiro atoms. The second-order valence-corrected chi connectivity index (χ2v) is 5.37. The lowest BCUT2D eigenvalue weighted by atomic mass is 10.2. The Bertz CT molecular complexity index is 758. The quantitative estimate of drug-likeness (QED) is 0.786. The lowest BCUT2D eigenvalue weighted by Gasteiger charge is -2.04. The highest BCUT2D eigenvalue weighted by atomic mass is 16.3. The van der Waals surface area contributed by atoms with E-state index in [-0.39, 0.29) is 0 Å². The summed E-state index contributed by atoms with van der Waals surface area (Å²) in [5.41, 5.74) is 4.15. The average Bonchev–Trinajstić information content (AvgIpc) is 3.10. The zero-order chi connectivity index (χ0) is 15.5. The fraction of sp³-hybridized carbons (Fsp3) is 0.294. The summed E-state index contributed by atoms with van der Waals surface area (Å²) < 4.78 is 7.64. The van der Waals surface area contributed by atoms with Crippen LogP contribution in [0, 0.1) is 13.8 Å². The zero-order valence-electron chi connectivity index (χ0n) is 13.1. The van der Waals surface area contributed by atoms with Crippen LogP contribution in [-0.4, -0.2) is 14.5 Å². The van der Waals surface area contributed by atoms with Gasteiger partial charge >= 0.3 is 0 Å². The largest absolute Gasteiger partial charge is 0.444 e. The first-order chi connectivity index (χ1) is 10.6. The van der Waals surface area contributed by atoms with Crippen LogP contribution in [-0.2, 0) is 20.1 Å². The molecule has 0 fully saturated rings. The number of nitrogens with zero attached hydrogens (tertiary/aromatic N) is 3. The molecule has 2 heterocycles. The Kier molecular flexibility index (Phi) is 4.06. The van der Waals surface area contributed by atoms with Gasteiger partial charge in [-0.1, -0.05) is 18.2 Å². The van der Waals surface area contributed by atoms with Crippen molar-refractivity contribution in [2.75, 3.05) is 0 Å². The van der Waals surface area contributed by atoms with Crippen LogP contribution in [0.4, 0.5) is 0 Å². The van der Waals surface area contributed by atoms with Crippen molar-refractivity contribution in [3.8, 4) is 11.5 Å². The number of hydrogen-bond acceptors (Lipinski definition) is 4. The van der Waals surface area contributed by atoms with Crippen LogP contribution in [0.1, 0.15) is 22.9 Å². The topological polar surface area (TPSA) is 55.9 Å². The van der Waals surface area contributed by atoms with E-state index in [0.29, 0.717) is 19.0 Å². The number of oxazole rings is 1. The van der Waals surface area contributed by atoms with Crippen LogP contribution in [0.3, 0.4) is 0 Å². The van der Waals surface area contributed by atoms with E-state index in [1.165, 1.54) is 5.69 Å². The summed E-state index contributed by atoms with van der Waals surface area (Å²) >= 11 is 0. The molecule has 0 radical (unpaired) electrons. The SMILES string of the molecule is Cc1nc(CNCc2coc(-c3ccccc3)n2)n(C)c1C. The van der Waals surface area contributed by atoms with E-state index in [2.05, 4.69) is 26.8 Å². The standard InChI is InChI=1S/C17H20N4O/c1-12-13(2)21(3)16(19-12)10-18-9-15-11-22-17(20-15)14-7-5-4-6-8-14/h4-8,11,18H,9-10H2,1-3H3. The number of rotatable bonds is 5. The van der Waals surface area contributed by atoms with Gasteiger partial charge in [-0.05, 0) is 26.0 Å². The molecule has 1 aromatic carbocycles. The summed E-state index contributed by atoms with van der Waals surface area (Å²) in [6.07, 6.45) is 1.70. The minimum atomic E-state index is 0.654.